The fourth-order valence-electron chi connectivity index (χ4n) is 1.50. The van der Waals surface area contributed by atoms with Crippen LogP contribution in [0, 0.1) is 0 Å². The lowest BCUT2D eigenvalue weighted by Gasteiger charge is -2.21. The van der Waals surface area contributed by atoms with E-state index in [0.29, 0.717) is 12.6 Å². The van der Waals surface area contributed by atoms with Crippen molar-refractivity contribution in [1.29, 1.82) is 0 Å². The van der Waals surface area contributed by atoms with Gasteiger partial charge in [-0.05, 0) is 12.8 Å². The molecule has 1 unspecified atom stereocenters. The van der Waals surface area contributed by atoms with Gasteiger partial charge in [-0.2, -0.15) is 0 Å². The summed E-state index contributed by atoms with van der Waals surface area (Å²) in [6.45, 7) is 7.12. The lowest BCUT2D eigenvalue weighted by atomic mass is 10.2. The summed E-state index contributed by atoms with van der Waals surface area (Å²) in [6, 6.07) is 0.317. The Labute approximate surface area is 74.9 Å². The van der Waals surface area contributed by atoms with Crippen LogP contribution in [-0.2, 0) is 4.79 Å². The van der Waals surface area contributed by atoms with Crippen molar-refractivity contribution in [1.82, 2.24) is 4.90 Å². The highest BCUT2D eigenvalue weighted by Crippen LogP contribution is 2.15. The SMILES string of the molecule is CC.CC(=O)N1CCCC1CN. The zero-order chi connectivity index (χ0) is 9.56. The lowest BCUT2D eigenvalue weighted by molar-refractivity contribution is -0.129. The minimum atomic E-state index is 0.160. The molecule has 0 aliphatic carbocycles. The van der Waals surface area contributed by atoms with Crippen LogP contribution in [0.1, 0.15) is 33.6 Å². The Kier molecular flexibility index (Phi) is 5.72. The van der Waals surface area contributed by atoms with Crippen LogP contribution in [0.25, 0.3) is 0 Å². The molecule has 1 atom stereocenters. The van der Waals surface area contributed by atoms with Crippen LogP contribution in [0.2, 0.25) is 0 Å². The summed E-state index contributed by atoms with van der Waals surface area (Å²) in [4.78, 5) is 12.7. The van der Waals surface area contributed by atoms with Gasteiger partial charge in [-0.3, -0.25) is 4.79 Å². The number of nitrogens with two attached hydrogens (primary N) is 1. The molecule has 0 spiro atoms. The average molecular weight is 172 g/mol. The molecule has 0 bridgehead atoms. The second kappa shape index (κ2) is 6.00. The Morgan fingerprint density at radius 3 is 2.50 bits per heavy atom. The molecule has 0 aromatic heterocycles. The predicted octanol–water partition coefficient (Wildman–Crippen LogP) is 0.982. The fourth-order valence-corrected chi connectivity index (χ4v) is 1.50. The van der Waals surface area contributed by atoms with E-state index in [1.165, 1.54) is 0 Å². The number of hydrogen-bond donors (Lipinski definition) is 1. The average Bonchev–Trinajstić information content (AvgIpc) is 2.55. The first-order chi connectivity index (χ1) is 5.75. The molecule has 2 N–H and O–H groups in total. The summed E-state index contributed by atoms with van der Waals surface area (Å²) in [5, 5.41) is 0. The number of nitrogens with zero attached hydrogens (tertiary/aromatic N) is 1. The summed E-state index contributed by atoms with van der Waals surface area (Å²) in [5.41, 5.74) is 5.47. The standard InChI is InChI=1S/C7H14N2O.C2H6/c1-6(10)9-4-2-3-7(9)5-8;1-2/h7H,2-5,8H2,1H3;1-2H3. The summed E-state index contributed by atoms with van der Waals surface area (Å²) >= 11 is 0. The maximum Gasteiger partial charge on any atom is 0.219 e. The van der Waals surface area contributed by atoms with Crippen molar-refractivity contribution in [2.45, 2.75) is 39.7 Å². The van der Waals surface area contributed by atoms with Gasteiger partial charge >= 0.3 is 0 Å². The van der Waals surface area contributed by atoms with Crippen LogP contribution < -0.4 is 5.73 Å². The van der Waals surface area contributed by atoms with Crippen LogP contribution >= 0.6 is 0 Å². The lowest BCUT2D eigenvalue weighted by Crippen LogP contribution is -2.38. The molecule has 1 aliphatic rings. The van der Waals surface area contributed by atoms with Crippen molar-refractivity contribution >= 4 is 5.91 Å². The molecule has 0 saturated carbocycles. The zero-order valence-electron chi connectivity index (χ0n) is 8.34. The summed E-state index contributed by atoms with van der Waals surface area (Å²) in [7, 11) is 0. The van der Waals surface area contributed by atoms with E-state index in [0.717, 1.165) is 19.4 Å². The molecule has 1 saturated heterocycles. The van der Waals surface area contributed by atoms with Gasteiger partial charge in [0.25, 0.3) is 0 Å². The minimum Gasteiger partial charge on any atom is -0.339 e. The van der Waals surface area contributed by atoms with E-state index in [-0.39, 0.29) is 5.91 Å². The smallest absolute Gasteiger partial charge is 0.219 e. The summed E-state index contributed by atoms with van der Waals surface area (Å²) in [6.07, 6.45) is 2.19. The fraction of sp³-hybridized carbons (Fsp3) is 0.889. The van der Waals surface area contributed by atoms with Crippen molar-refractivity contribution in [2.24, 2.45) is 5.73 Å². The number of carbonyl (C=O) groups is 1. The molecule has 3 heteroatoms. The van der Waals surface area contributed by atoms with Crippen LogP contribution in [0.5, 0.6) is 0 Å². The maximum atomic E-state index is 10.9. The van der Waals surface area contributed by atoms with Gasteiger partial charge in [0, 0.05) is 26.1 Å². The second-order valence-electron chi connectivity index (χ2n) is 2.74. The highest BCUT2D eigenvalue weighted by atomic mass is 16.2. The number of rotatable bonds is 1. The largest absolute Gasteiger partial charge is 0.339 e. The first-order valence-corrected chi connectivity index (χ1v) is 4.73. The molecule has 1 amide bonds. The van der Waals surface area contributed by atoms with Gasteiger partial charge in [-0.15, -0.1) is 0 Å². The summed E-state index contributed by atoms with van der Waals surface area (Å²) in [5.74, 6) is 0.160. The summed E-state index contributed by atoms with van der Waals surface area (Å²) < 4.78 is 0. The van der Waals surface area contributed by atoms with Gasteiger partial charge in [0.05, 0.1) is 0 Å². The van der Waals surface area contributed by atoms with E-state index in [1.54, 1.807) is 6.92 Å². The molecule has 1 rings (SSSR count). The Morgan fingerprint density at radius 2 is 2.17 bits per heavy atom. The molecule has 3 nitrogen and oxygen atoms in total. The topological polar surface area (TPSA) is 46.3 Å². The third-order valence-corrected chi connectivity index (χ3v) is 2.05. The van der Waals surface area contributed by atoms with Crippen LogP contribution in [0.4, 0.5) is 0 Å². The van der Waals surface area contributed by atoms with Crippen molar-refractivity contribution < 1.29 is 4.79 Å². The van der Waals surface area contributed by atoms with E-state index >= 15 is 0 Å². The van der Waals surface area contributed by atoms with Gasteiger partial charge in [0.1, 0.15) is 0 Å². The van der Waals surface area contributed by atoms with Crippen molar-refractivity contribution in [3.63, 3.8) is 0 Å². The van der Waals surface area contributed by atoms with E-state index in [2.05, 4.69) is 0 Å². The normalized spacial score (nSPS) is 21.7. The van der Waals surface area contributed by atoms with Gasteiger partial charge in [-0.25, -0.2) is 0 Å². The predicted molar refractivity (Wildman–Crippen MR) is 50.8 cm³/mol. The molecule has 12 heavy (non-hydrogen) atoms. The quantitative estimate of drug-likeness (QED) is 0.641. The molecule has 1 aliphatic heterocycles. The number of hydrogen-bond acceptors (Lipinski definition) is 2. The molecule has 72 valence electrons. The van der Waals surface area contributed by atoms with E-state index in [9.17, 15) is 4.79 Å². The van der Waals surface area contributed by atoms with Gasteiger partial charge in [0.15, 0.2) is 0 Å². The van der Waals surface area contributed by atoms with Gasteiger partial charge in [-0.1, -0.05) is 13.8 Å². The number of amides is 1. The second-order valence-corrected chi connectivity index (χ2v) is 2.74. The van der Waals surface area contributed by atoms with Gasteiger partial charge < -0.3 is 10.6 Å². The first-order valence-electron chi connectivity index (χ1n) is 4.73. The van der Waals surface area contributed by atoms with Crippen LogP contribution in [-0.4, -0.2) is 29.9 Å². The van der Waals surface area contributed by atoms with Crippen molar-refractivity contribution in [3.8, 4) is 0 Å². The zero-order valence-corrected chi connectivity index (χ0v) is 8.34. The Balaban J connectivity index is 0.000000561. The molecular formula is C9H20N2O. The third-order valence-electron chi connectivity index (χ3n) is 2.05. The molecule has 0 aromatic rings. The highest BCUT2D eigenvalue weighted by molar-refractivity contribution is 5.73. The van der Waals surface area contributed by atoms with Crippen molar-refractivity contribution in [3.05, 3.63) is 0 Å². The molecule has 0 aromatic carbocycles. The monoisotopic (exact) mass is 172 g/mol. The molecule has 0 radical (unpaired) electrons. The minimum absolute atomic E-state index is 0.160. The van der Waals surface area contributed by atoms with Crippen molar-refractivity contribution in [2.75, 3.05) is 13.1 Å². The first kappa shape index (κ1) is 11.4. The third kappa shape index (κ3) is 2.81. The Morgan fingerprint density at radius 1 is 1.58 bits per heavy atom. The molecular weight excluding hydrogens is 152 g/mol. The van der Waals surface area contributed by atoms with E-state index < -0.39 is 0 Å². The molecule has 1 heterocycles. The molecule has 1 fully saturated rings. The number of carbonyl (C=O) groups excluding carboxylic acids is 1. The Bertz CT molecular complexity index is 136. The number of likely N-dealkylation sites (tertiary alicyclic amines) is 1. The Hall–Kier alpha value is -0.570. The van der Waals surface area contributed by atoms with Gasteiger partial charge in [0.2, 0.25) is 5.91 Å². The highest BCUT2D eigenvalue weighted by Gasteiger charge is 2.24. The van der Waals surface area contributed by atoms with Crippen LogP contribution in [0.15, 0.2) is 0 Å². The maximum absolute atomic E-state index is 10.9. The van der Waals surface area contributed by atoms with E-state index in [1.807, 2.05) is 18.7 Å². The van der Waals surface area contributed by atoms with Crippen LogP contribution in [0.3, 0.4) is 0 Å². The van der Waals surface area contributed by atoms with E-state index in [4.69, 9.17) is 5.73 Å².